The first kappa shape index (κ1) is 23.0. The molecule has 0 fully saturated rings. The van der Waals surface area contributed by atoms with Crippen molar-refractivity contribution < 1.29 is 14.3 Å². The number of methoxy groups -OCH3 is 1. The van der Waals surface area contributed by atoms with Crippen LogP contribution in [0, 0.1) is 0 Å². The van der Waals surface area contributed by atoms with Crippen molar-refractivity contribution in [1.82, 2.24) is 0 Å². The fourth-order valence-electron chi connectivity index (χ4n) is 3.76. The van der Waals surface area contributed by atoms with E-state index in [0.717, 1.165) is 26.7 Å². The SMILES string of the molecule is COC(=O)c1c(-c2ccc(Br)cc2)csc1NC(=O)CC(c1ccccc1)c1ccccc1. The van der Waals surface area contributed by atoms with Gasteiger partial charge in [-0.05, 0) is 28.8 Å². The predicted molar refractivity (Wildman–Crippen MR) is 137 cm³/mol. The molecule has 4 nitrogen and oxygen atoms in total. The number of nitrogens with one attached hydrogen (secondary N) is 1. The van der Waals surface area contributed by atoms with Crippen molar-refractivity contribution in [1.29, 1.82) is 0 Å². The molecule has 0 unspecified atom stereocenters. The number of rotatable bonds is 7. The Bertz CT molecular complexity index is 1200. The molecule has 0 aliphatic carbocycles. The first-order valence-corrected chi connectivity index (χ1v) is 12.1. The van der Waals surface area contributed by atoms with Gasteiger partial charge in [-0.2, -0.15) is 0 Å². The molecule has 1 heterocycles. The average molecular weight is 520 g/mol. The summed E-state index contributed by atoms with van der Waals surface area (Å²) in [5.74, 6) is -0.742. The summed E-state index contributed by atoms with van der Waals surface area (Å²) in [5.41, 5.74) is 4.11. The van der Waals surface area contributed by atoms with Gasteiger partial charge in [0.2, 0.25) is 5.91 Å². The van der Waals surface area contributed by atoms with Crippen LogP contribution in [0.5, 0.6) is 0 Å². The van der Waals surface area contributed by atoms with Gasteiger partial charge in [-0.25, -0.2) is 4.79 Å². The zero-order valence-electron chi connectivity index (χ0n) is 18.0. The van der Waals surface area contributed by atoms with Crippen molar-refractivity contribution in [2.24, 2.45) is 0 Å². The Morgan fingerprint density at radius 1 is 0.909 bits per heavy atom. The molecule has 166 valence electrons. The number of halogens is 1. The van der Waals surface area contributed by atoms with Crippen LogP contribution in [0.3, 0.4) is 0 Å². The first-order valence-electron chi connectivity index (χ1n) is 10.4. The van der Waals surface area contributed by atoms with Gasteiger partial charge in [0.25, 0.3) is 0 Å². The molecule has 4 rings (SSSR count). The molecule has 0 aliphatic rings. The Labute approximate surface area is 205 Å². The molecule has 0 aliphatic heterocycles. The summed E-state index contributed by atoms with van der Waals surface area (Å²) in [6.45, 7) is 0. The second-order valence-electron chi connectivity index (χ2n) is 7.48. The molecule has 3 aromatic carbocycles. The van der Waals surface area contributed by atoms with Crippen molar-refractivity contribution in [3.05, 3.63) is 111 Å². The highest BCUT2D eigenvalue weighted by atomic mass is 79.9. The Kier molecular flexibility index (Phi) is 7.37. The molecular weight excluding hydrogens is 498 g/mol. The van der Waals surface area contributed by atoms with Crippen LogP contribution >= 0.6 is 27.3 Å². The summed E-state index contributed by atoms with van der Waals surface area (Å²) < 4.78 is 5.98. The molecule has 1 N–H and O–H groups in total. The standard InChI is InChI=1S/C27H22BrNO3S/c1-32-27(31)25-23(20-12-14-21(28)15-13-20)17-33-26(25)29-24(30)16-22(18-8-4-2-5-9-18)19-10-6-3-7-11-19/h2-15,17,22H,16H2,1H3,(H,29,30). The summed E-state index contributed by atoms with van der Waals surface area (Å²) in [5, 5.41) is 5.33. The minimum absolute atomic E-state index is 0.0973. The van der Waals surface area contributed by atoms with Crippen LogP contribution in [0.15, 0.2) is 94.8 Å². The average Bonchev–Trinajstić information content (AvgIpc) is 3.27. The lowest BCUT2D eigenvalue weighted by Crippen LogP contribution is -2.17. The van der Waals surface area contributed by atoms with E-state index in [1.54, 1.807) is 0 Å². The molecule has 0 atom stereocenters. The van der Waals surface area contributed by atoms with Gasteiger partial charge in [0.15, 0.2) is 0 Å². The largest absolute Gasteiger partial charge is 0.465 e. The van der Waals surface area contributed by atoms with Gasteiger partial charge in [-0.15, -0.1) is 11.3 Å². The van der Waals surface area contributed by atoms with Crippen molar-refractivity contribution in [3.63, 3.8) is 0 Å². The van der Waals surface area contributed by atoms with Crippen molar-refractivity contribution >= 4 is 44.1 Å². The number of anilines is 1. The van der Waals surface area contributed by atoms with E-state index in [1.165, 1.54) is 18.4 Å². The summed E-state index contributed by atoms with van der Waals surface area (Å²) in [4.78, 5) is 25.8. The highest BCUT2D eigenvalue weighted by Crippen LogP contribution is 2.37. The molecule has 1 amide bonds. The molecule has 0 bridgehead atoms. The number of carbonyl (C=O) groups excluding carboxylic acids is 2. The highest BCUT2D eigenvalue weighted by Gasteiger charge is 2.24. The minimum Gasteiger partial charge on any atom is -0.465 e. The molecule has 1 aromatic heterocycles. The quantitative estimate of drug-likeness (QED) is 0.264. The van der Waals surface area contributed by atoms with Crippen LogP contribution in [0.1, 0.15) is 33.8 Å². The van der Waals surface area contributed by atoms with E-state index in [0.29, 0.717) is 10.6 Å². The lowest BCUT2D eigenvalue weighted by Gasteiger charge is -2.18. The number of thiophene rings is 1. The van der Waals surface area contributed by atoms with Crippen LogP contribution in [-0.2, 0) is 9.53 Å². The summed E-state index contributed by atoms with van der Waals surface area (Å²) >= 11 is 4.75. The molecule has 0 spiro atoms. The van der Waals surface area contributed by atoms with Crippen LogP contribution in [0.2, 0.25) is 0 Å². The topological polar surface area (TPSA) is 55.4 Å². The lowest BCUT2D eigenvalue weighted by molar-refractivity contribution is -0.116. The lowest BCUT2D eigenvalue weighted by atomic mass is 9.88. The number of esters is 1. The van der Waals surface area contributed by atoms with Gasteiger partial charge in [-0.1, -0.05) is 88.7 Å². The maximum absolute atomic E-state index is 13.2. The van der Waals surface area contributed by atoms with Gasteiger partial charge in [0.05, 0.1) is 7.11 Å². The number of carbonyl (C=O) groups is 2. The zero-order chi connectivity index (χ0) is 23.2. The normalized spacial score (nSPS) is 10.8. The molecular formula is C27H22BrNO3S. The smallest absolute Gasteiger partial charge is 0.341 e. The Morgan fingerprint density at radius 2 is 1.48 bits per heavy atom. The molecule has 33 heavy (non-hydrogen) atoms. The van der Waals surface area contributed by atoms with Gasteiger partial charge in [0.1, 0.15) is 10.6 Å². The highest BCUT2D eigenvalue weighted by molar-refractivity contribution is 9.10. The fourth-order valence-corrected chi connectivity index (χ4v) is 5.00. The second kappa shape index (κ2) is 10.6. The number of amides is 1. The summed E-state index contributed by atoms with van der Waals surface area (Å²) in [6, 6.07) is 27.6. The van der Waals surface area contributed by atoms with Crippen molar-refractivity contribution in [2.75, 3.05) is 12.4 Å². The Morgan fingerprint density at radius 3 is 2.03 bits per heavy atom. The third-order valence-corrected chi connectivity index (χ3v) is 6.81. The minimum atomic E-state index is -0.480. The number of ether oxygens (including phenoxy) is 1. The van der Waals surface area contributed by atoms with E-state index in [4.69, 9.17) is 4.74 Å². The molecule has 0 saturated carbocycles. The summed E-state index contributed by atoms with van der Waals surface area (Å²) in [7, 11) is 1.35. The fraction of sp³-hybridized carbons (Fsp3) is 0.111. The number of hydrogen-bond acceptors (Lipinski definition) is 4. The van der Waals surface area contributed by atoms with E-state index in [9.17, 15) is 9.59 Å². The van der Waals surface area contributed by atoms with Gasteiger partial charge < -0.3 is 10.1 Å². The first-order chi connectivity index (χ1) is 16.1. The summed E-state index contributed by atoms with van der Waals surface area (Å²) in [6.07, 6.45) is 0.250. The zero-order valence-corrected chi connectivity index (χ0v) is 20.4. The van der Waals surface area contributed by atoms with Gasteiger partial charge >= 0.3 is 5.97 Å². The van der Waals surface area contributed by atoms with E-state index >= 15 is 0 Å². The third kappa shape index (κ3) is 5.41. The third-order valence-electron chi connectivity index (χ3n) is 5.38. The van der Waals surface area contributed by atoms with Crippen molar-refractivity contribution in [3.8, 4) is 11.1 Å². The van der Waals surface area contributed by atoms with Crippen LogP contribution in [0.25, 0.3) is 11.1 Å². The maximum atomic E-state index is 13.2. The van der Waals surface area contributed by atoms with Gasteiger partial charge in [0, 0.05) is 27.8 Å². The van der Waals surface area contributed by atoms with Crippen LogP contribution in [-0.4, -0.2) is 19.0 Å². The van der Waals surface area contributed by atoms with E-state index < -0.39 is 5.97 Å². The van der Waals surface area contributed by atoms with Crippen LogP contribution in [0.4, 0.5) is 5.00 Å². The number of benzene rings is 3. The maximum Gasteiger partial charge on any atom is 0.341 e. The van der Waals surface area contributed by atoms with Gasteiger partial charge in [-0.3, -0.25) is 4.79 Å². The van der Waals surface area contributed by atoms with Crippen LogP contribution < -0.4 is 5.32 Å². The van der Waals surface area contributed by atoms with Crippen molar-refractivity contribution in [2.45, 2.75) is 12.3 Å². The number of hydrogen-bond donors (Lipinski definition) is 1. The van der Waals surface area contributed by atoms with E-state index in [2.05, 4.69) is 21.2 Å². The second-order valence-corrected chi connectivity index (χ2v) is 9.27. The Hall–Kier alpha value is -3.22. The molecule has 4 aromatic rings. The van der Waals surface area contributed by atoms with E-state index in [-0.39, 0.29) is 18.2 Å². The Balaban J connectivity index is 1.62. The molecule has 0 saturated heterocycles. The molecule has 6 heteroatoms. The molecule has 0 radical (unpaired) electrons. The monoisotopic (exact) mass is 519 g/mol. The predicted octanol–water partition coefficient (Wildman–Crippen LogP) is 7.12. The van der Waals surface area contributed by atoms with E-state index in [1.807, 2.05) is 90.3 Å².